The number of carbonyl (C=O) groups is 1. The van der Waals surface area contributed by atoms with Crippen molar-refractivity contribution in [2.45, 2.75) is 19.4 Å². The summed E-state index contributed by atoms with van der Waals surface area (Å²) in [5.41, 5.74) is 0.897. The predicted molar refractivity (Wildman–Crippen MR) is 68.3 cm³/mol. The van der Waals surface area contributed by atoms with Gasteiger partial charge in [-0.15, -0.1) is 0 Å². The fraction of sp³-hybridized carbons (Fsp3) is 0.417. The van der Waals surface area contributed by atoms with Gasteiger partial charge in [-0.3, -0.25) is 4.79 Å². The molecule has 0 saturated heterocycles. The second-order valence-corrected chi connectivity index (χ2v) is 5.73. The minimum absolute atomic E-state index is 0.0745. The van der Waals surface area contributed by atoms with Crippen LogP contribution in [0.15, 0.2) is 30.3 Å². The van der Waals surface area contributed by atoms with Crippen LogP contribution >= 0.6 is 0 Å². The second kappa shape index (κ2) is 7.13. The van der Waals surface area contributed by atoms with Crippen LogP contribution in [0.2, 0.25) is 0 Å². The first-order valence-corrected chi connectivity index (χ1v) is 7.27. The van der Waals surface area contributed by atoms with Gasteiger partial charge in [-0.05, 0) is 12.0 Å². The van der Waals surface area contributed by atoms with E-state index in [9.17, 15) is 13.2 Å². The van der Waals surface area contributed by atoms with Crippen molar-refractivity contribution < 1.29 is 17.9 Å². The topological polar surface area (TPSA) is 72.5 Å². The van der Waals surface area contributed by atoms with E-state index < -0.39 is 16.0 Å². The zero-order valence-electron chi connectivity index (χ0n) is 10.3. The first-order chi connectivity index (χ1) is 8.53. The molecule has 0 aliphatic heterocycles. The third kappa shape index (κ3) is 5.79. The van der Waals surface area contributed by atoms with E-state index in [1.54, 1.807) is 0 Å². The molecule has 0 spiro atoms. The SMILES string of the molecule is COC(=O)CCCS(=O)(=O)NCc1ccccc1. The summed E-state index contributed by atoms with van der Waals surface area (Å²) in [7, 11) is -2.06. The highest BCUT2D eigenvalue weighted by atomic mass is 32.2. The molecule has 0 aliphatic carbocycles. The molecule has 0 fully saturated rings. The first-order valence-electron chi connectivity index (χ1n) is 5.61. The number of ether oxygens (including phenoxy) is 1. The lowest BCUT2D eigenvalue weighted by Gasteiger charge is -2.06. The fourth-order valence-corrected chi connectivity index (χ4v) is 2.43. The molecule has 1 rings (SSSR count). The summed E-state index contributed by atoms with van der Waals surface area (Å²) < 4.78 is 30.1. The Morgan fingerprint density at radius 3 is 2.56 bits per heavy atom. The molecule has 0 unspecified atom stereocenters. The summed E-state index contributed by atoms with van der Waals surface area (Å²) in [4.78, 5) is 10.8. The van der Waals surface area contributed by atoms with E-state index in [0.717, 1.165) is 5.56 Å². The van der Waals surface area contributed by atoms with Gasteiger partial charge in [0.2, 0.25) is 10.0 Å². The quantitative estimate of drug-likeness (QED) is 0.753. The van der Waals surface area contributed by atoms with E-state index in [1.165, 1.54) is 7.11 Å². The highest BCUT2D eigenvalue weighted by Gasteiger charge is 2.11. The van der Waals surface area contributed by atoms with Crippen molar-refractivity contribution in [1.82, 2.24) is 4.72 Å². The lowest BCUT2D eigenvalue weighted by atomic mass is 10.2. The second-order valence-electron chi connectivity index (χ2n) is 3.81. The maximum absolute atomic E-state index is 11.6. The van der Waals surface area contributed by atoms with Crippen molar-refractivity contribution in [3.63, 3.8) is 0 Å². The summed E-state index contributed by atoms with van der Waals surface area (Å²) in [6.45, 7) is 0.265. The molecule has 1 N–H and O–H groups in total. The Kier molecular flexibility index (Phi) is 5.80. The fourth-order valence-electron chi connectivity index (χ4n) is 1.37. The number of rotatable bonds is 7. The Morgan fingerprint density at radius 2 is 1.94 bits per heavy atom. The number of esters is 1. The normalized spacial score (nSPS) is 11.2. The lowest BCUT2D eigenvalue weighted by Crippen LogP contribution is -2.26. The van der Waals surface area contributed by atoms with Gasteiger partial charge in [-0.1, -0.05) is 30.3 Å². The highest BCUT2D eigenvalue weighted by molar-refractivity contribution is 7.89. The number of hydrogen-bond acceptors (Lipinski definition) is 4. The van der Waals surface area contributed by atoms with Gasteiger partial charge in [-0.25, -0.2) is 13.1 Å². The van der Waals surface area contributed by atoms with Crippen molar-refractivity contribution in [2.75, 3.05) is 12.9 Å². The van der Waals surface area contributed by atoms with Gasteiger partial charge < -0.3 is 4.74 Å². The van der Waals surface area contributed by atoms with E-state index in [4.69, 9.17) is 0 Å². The lowest BCUT2D eigenvalue weighted by molar-refractivity contribution is -0.140. The minimum Gasteiger partial charge on any atom is -0.469 e. The Bertz CT molecular complexity index is 470. The number of nitrogens with one attached hydrogen (secondary N) is 1. The van der Waals surface area contributed by atoms with Crippen molar-refractivity contribution in [3.05, 3.63) is 35.9 Å². The summed E-state index contributed by atoms with van der Waals surface area (Å²) in [5, 5.41) is 0. The Hall–Kier alpha value is -1.40. The smallest absolute Gasteiger partial charge is 0.305 e. The predicted octanol–water partition coefficient (Wildman–Crippen LogP) is 1.06. The van der Waals surface area contributed by atoms with Crippen LogP contribution in [-0.2, 0) is 26.1 Å². The van der Waals surface area contributed by atoms with Crippen LogP contribution in [0.1, 0.15) is 18.4 Å². The maximum Gasteiger partial charge on any atom is 0.305 e. The molecule has 0 saturated carbocycles. The van der Waals surface area contributed by atoms with E-state index in [2.05, 4.69) is 9.46 Å². The monoisotopic (exact) mass is 271 g/mol. The standard InChI is InChI=1S/C12H17NO4S/c1-17-12(14)8-5-9-18(15,16)13-10-11-6-3-2-4-7-11/h2-4,6-7,13H,5,8-10H2,1H3. The summed E-state index contributed by atoms with van der Waals surface area (Å²) >= 11 is 0. The van der Waals surface area contributed by atoms with Gasteiger partial charge in [0.15, 0.2) is 0 Å². The van der Waals surface area contributed by atoms with E-state index in [-0.39, 0.29) is 25.1 Å². The van der Waals surface area contributed by atoms with E-state index >= 15 is 0 Å². The van der Waals surface area contributed by atoms with Gasteiger partial charge in [0.05, 0.1) is 12.9 Å². The Balaban J connectivity index is 2.34. The number of methoxy groups -OCH3 is 1. The molecule has 0 amide bonds. The van der Waals surface area contributed by atoms with E-state index in [1.807, 2.05) is 30.3 Å². The average molecular weight is 271 g/mol. The van der Waals surface area contributed by atoms with Crippen LogP contribution in [0.25, 0.3) is 0 Å². The van der Waals surface area contributed by atoms with Crippen LogP contribution in [0.3, 0.4) is 0 Å². The molecule has 100 valence electrons. The molecule has 0 heterocycles. The molecule has 0 bridgehead atoms. The van der Waals surface area contributed by atoms with E-state index in [0.29, 0.717) is 0 Å². The van der Waals surface area contributed by atoms with Crippen LogP contribution in [0.4, 0.5) is 0 Å². The molecule has 0 radical (unpaired) electrons. The zero-order valence-corrected chi connectivity index (χ0v) is 11.1. The third-order valence-electron chi connectivity index (χ3n) is 2.36. The number of hydrogen-bond donors (Lipinski definition) is 1. The summed E-state index contributed by atoms with van der Waals surface area (Å²) in [6.07, 6.45) is 0.375. The van der Waals surface area contributed by atoms with Crippen molar-refractivity contribution in [2.24, 2.45) is 0 Å². The third-order valence-corrected chi connectivity index (χ3v) is 3.77. The van der Waals surface area contributed by atoms with Crippen LogP contribution in [-0.4, -0.2) is 27.2 Å². The van der Waals surface area contributed by atoms with Gasteiger partial charge in [0.25, 0.3) is 0 Å². The molecule has 6 heteroatoms. The summed E-state index contributed by atoms with van der Waals surface area (Å²) in [5.74, 6) is -0.470. The van der Waals surface area contributed by atoms with Gasteiger partial charge in [0, 0.05) is 13.0 Å². The largest absolute Gasteiger partial charge is 0.469 e. The average Bonchev–Trinajstić information content (AvgIpc) is 2.37. The number of benzene rings is 1. The zero-order chi connectivity index (χ0) is 13.4. The molecule has 5 nitrogen and oxygen atoms in total. The van der Waals surface area contributed by atoms with Gasteiger partial charge >= 0.3 is 5.97 Å². The highest BCUT2D eigenvalue weighted by Crippen LogP contribution is 2.01. The van der Waals surface area contributed by atoms with Crippen molar-refractivity contribution >= 4 is 16.0 Å². The molecule has 0 aliphatic rings. The molecule has 1 aromatic rings. The molecular weight excluding hydrogens is 254 g/mol. The molecule has 1 aromatic carbocycles. The number of sulfonamides is 1. The molecule has 0 aromatic heterocycles. The van der Waals surface area contributed by atoms with Gasteiger partial charge in [0.1, 0.15) is 0 Å². The van der Waals surface area contributed by atoms with Gasteiger partial charge in [-0.2, -0.15) is 0 Å². The number of carbonyl (C=O) groups excluding carboxylic acids is 1. The maximum atomic E-state index is 11.6. The first kappa shape index (κ1) is 14.7. The minimum atomic E-state index is -3.34. The van der Waals surface area contributed by atoms with Crippen LogP contribution < -0.4 is 4.72 Å². The Labute approximate surface area is 107 Å². The molecular formula is C12H17NO4S. The molecule has 0 atom stereocenters. The Morgan fingerprint density at radius 1 is 1.28 bits per heavy atom. The van der Waals surface area contributed by atoms with Crippen LogP contribution in [0.5, 0.6) is 0 Å². The van der Waals surface area contributed by atoms with Crippen molar-refractivity contribution in [3.8, 4) is 0 Å². The van der Waals surface area contributed by atoms with Crippen molar-refractivity contribution in [1.29, 1.82) is 0 Å². The summed E-state index contributed by atoms with van der Waals surface area (Å²) in [6, 6.07) is 9.25. The molecule has 18 heavy (non-hydrogen) atoms. The van der Waals surface area contributed by atoms with Crippen LogP contribution in [0, 0.1) is 0 Å².